The van der Waals surface area contributed by atoms with Crippen molar-refractivity contribution >= 4 is 5.90 Å². The van der Waals surface area contributed by atoms with Crippen molar-refractivity contribution in [3.63, 3.8) is 0 Å². The molecule has 2 N–H and O–H groups in total. The van der Waals surface area contributed by atoms with Crippen LogP contribution in [0.25, 0.3) is 0 Å². The average Bonchev–Trinajstić information content (AvgIpc) is 3.04. The van der Waals surface area contributed by atoms with E-state index in [-0.39, 0.29) is 12.5 Å². The van der Waals surface area contributed by atoms with Crippen LogP contribution in [0, 0.1) is 0 Å². The van der Waals surface area contributed by atoms with Crippen molar-refractivity contribution in [2.24, 2.45) is 10.9 Å². The molecule has 41 heavy (non-hydrogen) atoms. The Morgan fingerprint density at radius 2 is 0.951 bits per heavy atom. The fraction of sp³-hybridized carbons (Fsp3) is 0.265. The molecule has 1 aliphatic heterocycles. The Morgan fingerprint density at radius 1 is 0.537 bits per heavy atom. The molecule has 7 heteroatoms. The van der Waals surface area contributed by atoms with E-state index in [1.165, 1.54) is 0 Å². The summed E-state index contributed by atoms with van der Waals surface area (Å²) in [5.41, 5.74) is 4.16. The standard InChI is InChI=1S/C34H36N2O5/c35-36-34-33(40-24-29-19-11-4-12-20-29)32(39-23-28-17-9-3-10-18-28)31(38-22-27-15-7-2-8-16-27)30(41-34)25-37-21-26-13-5-1-6-14-26/h1-20,30-33H,21-25,35H2/b36-34-/t30-,31-,32+,33-/m1/s1. The Balaban J connectivity index is 1.39. The summed E-state index contributed by atoms with van der Waals surface area (Å²) < 4.78 is 32.0. The van der Waals surface area contributed by atoms with E-state index in [0.717, 1.165) is 22.3 Å². The molecular formula is C34H36N2O5. The lowest BCUT2D eigenvalue weighted by atomic mass is 9.98. The van der Waals surface area contributed by atoms with Crippen LogP contribution in [0.3, 0.4) is 0 Å². The molecule has 212 valence electrons. The lowest BCUT2D eigenvalue weighted by molar-refractivity contribution is -0.196. The van der Waals surface area contributed by atoms with E-state index in [0.29, 0.717) is 26.4 Å². The summed E-state index contributed by atoms with van der Waals surface area (Å²) in [5, 5.41) is 3.99. The minimum Gasteiger partial charge on any atom is -0.469 e. The highest BCUT2D eigenvalue weighted by Crippen LogP contribution is 2.28. The molecule has 0 unspecified atom stereocenters. The van der Waals surface area contributed by atoms with Gasteiger partial charge in [0.1, 0.15) is 12.2 Å². The molecule has 1 saturated heterocycles. The van der Waals surface area contributed by atoms with Crippen LogP contribution in [-0.4, -0.2) is 36.9 Å². The molecule has 0 aromatic heterocycles. The zero-order chi connectivity index (χ0) is 28.1. The molecule has 4 aromatic rings. The predicted octanol–water partition coefficient (Wildman–Crippen LogP) is 5.63. The number of nitrogens with zero attached hydrogens (tertiary/aromatic N) is 1. The van der Waals surface area contributed by atoms with Gasteiger partial charge in [0.15, 0.2) is 12.2 Å². The van der Waals surface area contributed by atoms with E-state index >= 15 is 0 Å². The summed E-state index contributed by atoms with van der Waals surface area (Å²) in [7, 11) is 0. The van der Waals surface area contributed by atoms with Crippen molar-refractivity contribution in [1.82, 2.24) is 0 Å². The molecule has 4 aromatic carbocycles. The van der Waals surface area contributed by atoms with Gasteiger partial charge < -0.3 is 29.5 Å². The first-order valence-electron chi connectivity index (χ1n) is 13.8. The molecule has 0 spiro atoms. The Bertz CT molecular complexity index is 1320. The molecule has 0 aliphatic carbocycles. The van der Waals surface area contributed by atoms with Crippen LogP contribution in [0.5, 0.6) is 0 Å². The van der Waals surface area contributed by atoms with Gasteiger partial charge in [0.05, 0.1) is 33.0 Å². The van der Waals surface area contributed by atoms with E-state index in [4.69, 9.17) is 29.5 Å². The number of hydrogen-bond acceptors (Lipinski definition) is 7. The van der Waals surface area contributed by atoms with Crippen LogP contribution in [0.2, 0.25) is 0 Å². The van der Waals surface area contributed by atoms with Crippen LogP contribution < -0.4 is 5.84 Å². The normalized spacial score (nSPS) is 21.4. The van der Waals surface area contributed by atoms with Gasteiger partial charge in [-0.1, -0.05) is 121 Å². The molecule has 1 aliphatic rings. The first-order valence-corrected chi connectivity index (χ1v) is 13.8. The molecule has 7 nitrogen and oxygen atoms in total. The fourth-order valence-corrected chi connectivity index (χ4v) is 4.76. The Labute approximate surface area is 241 Å². The second-order valence-corrected chi connectivity index (χ2v) is 9.86. The number of hydrazone groups is 1. The van der Waals surface area contributed by atoms with Crippen molar-refractivity contribution in [3.05, 3.63) is 144 Å². The van der Waals surface area contributed by atoms with Gasteiger partial charge in [-0.3, -0.25) is 0 Å². The lowest BCUT2D eigenvalue weighted by Crippen LogP contribution is -2.59. The zero-order valence-electron chi connectivity index (χ0n) is 23.0. The first-order chi connectivity index (χ1) is 20.3. The summed E-state index contributed by atoms with van der Waals surface area (Å²) >= 11 is 0. The molecule has 0 bridgehead atoms. The third kappa shape index (κ3) is 8.25. The molecule has 1 fully saturated rings. The Morgan fingerprint density at radius 3 is 1.41 bits per heavy atom. The minimum atomic E-state index is -0.685. The maximum atomic E-state index is 6.58. The zero-order valence-corrected chi connectivity index (χ0v) is 23.0. The molecule has 0 amide bonds. The topological polar surface area (TPSA) is 84.5 Å². The van der Waals surface area contributed by atoms with Gasteiger partial charge in [-0.15, -0.1) is 5.10 Å². The van der Waals surface area contributed by atoms with Crippen LogP contribution >= 0.6 is 0 Å². The minimum absolute atomic E-state index is 0.254. The monoisotopic (exact) mass is 552 g/mol. The molecule has 5 rings (SSSR count). The van der Waals surface area contributed by atoms with E-state index in [9.17, 15) is 0 Å². The third-order valence-electron chi connectivity index (χ3n) is 6.87. The second kappa shape index (κ2) is 15.1. The van der Waals surface area contributed by atoms with Crippen molar-refractivity contribution in [2.45, 2.75) is 50.8 Å². The summed E-state index contributed by atoms with van der Waals surface area (Å²) in [4.78, 5) is 0. The maximum Gasteiger partial charge on any atom is 0.238 e. The maximum absolute atomic E-state index is 6.58. The van der Waals surface area contributed by atoms with Gasteiger partial charge in [-0.05, 0) is 22.3 Å². The van der Waals surface area contributed by atoms with E-state index in [1.54, 1.807) is 0 Å². The van der Waals surface area contributed by atoms with Crippen molar-refractivity contribution in [2.75, 3.05) is 6.61 Å². The number of nitrogens with two attached hydrogens (primary N) is 1. The van der Waals surface area contributed by atoms with Crippen molar-refractivity contribution in [3.8, 4) is 0 Å². The van der Waals surface area contributed by atoms with Gasteiger partial charge in [-0.2, -0.15) is 0 Å². The van der Waals surface area contributed by atoms with Crippen molar-refractivity contribution < 1.29 is 23.7 Å². The molecule has 1 heterocycles. The van der Waals surface area contributed by atoms with Gasteiger partial charge in [0.2, 0.25) is 5.90 Å². The number of ether oxygens (including phenoxy) is 5. The number of hydrogen-bond donors (Lipinski definition) is 1. The quantitative estimate of drug-likeness (QED) is 0.171. The summed E-state index contributed by atoms with van der Waals surface area (Å²) in [6.07, 6.45) is -2.30. The van der Waals surface area contributed by atoms with Gasteiger partial charge in [0.25, 0.3) is 0 Å². The smallest absolute Gasteiger partial charge is 0.238 e. The highest BCUT2D eigenvalue weighted by molar-refractivity contribution is 5.82. The Hall–Kier alpha value is -4.01. The fourth-order valence-electron chi connectivity index (χ4n) is 4.76. The van der Waals surface area contributed by atoms with Crippen LogP contribution in [0.15, 0.2) is 126 Å². The van der Waals surface area contributed by atoms with Crippen LogP contribution in [0.1, 0.15) is 22.3 Å². The van der Waals surface area contributed by atoms with Gasteiger partial charge in [0, 0.05) is 0 Å². The highest BCUT2D eigenvalue weighted by atomic mass is 16.6. The summed E-state index contributed by atoms with van der Waals surface area (Å²) in [5.74, 6) is 6.13. The Kier molecular flexibility index (Phi) is 10.5. The lowest BCUT2D eigenvalue weighted by Gasteiger charge is -2.42. The third-order valence-corrected chi connectivity index (χ3v) is 6.87. The number of rotatable bonds is 13. The second-order valence-electron chi connectivity index (χ2n) is 9.86. The SMILES string of the molecule is N/N=C1\O[C@H](COCc2ccccc2)[C@@H](OCc2ccccc2)[C@H](OCc2ccccc2)[C@H]1OCc1ccccc1. The van der Waals surface area contributed by atoms with E-state index < -0.39 is 24.4 Å². The van der Waals surface area contributed by atoms with Gasteiger partial charge >= 0.3 is 0 Å². The molecule has 4 atom stereocenters. The van der Waals surface area contributed by atoms with E-state index in [2.05, 4.69) is 5.10 Å². The van der Waals surface area contributed by atoms with Gasteiger partial charge in [-0.25, -0.2) is 0 Å². The number of benzene rings is 4. The highest BCUT2D eigenvalue weighted by Gasteiger charge is 2.47. The molecule has 0 saturated carbocycles. The molecular weight excluding hydrogens is 516 g/mol. The predicted molar refractivity (Wildman–Crippen MR) is 158 cm³/mol. The van der Waals surface area contributed by atoms with Crippen LogP contribution in [0.4, 0.5) is 0 Å². The summed E-state index contributed by atoms with van der Waals surface area (Å²) in [6.45, 7) is 1.75. The van der Waals surface area contributed by atoms with Crippen molar-refractivity contribution in [1.29, 1.82) is 0 Å². The van der Waals surface area contributed by atoms with Crippen LogP contribution in [-0.2, 0) is 50.1 Å². The molecule has 0 radical (unpaired) electrons. The summed E-state index contributed by atoms with van der Waals surface area (Å²) in [6, 6.07) is 40.0. The first kappa shape index (κ1) is 28.5. The largest absolute Gasteiger partial charge is 0.469 e. The van der Waals surface area contributed by atoms with E-state index in [1.807, 2.05) is 121 Å². The average molecular weight is 553 g/mol.